The van der Waals surface area contributed by atoms with E-state index in [0.717, 1.165) is 12.8 Å². The van der Waals surface area contributed by atoms with Gasteiger partial charge in [-0.3, -0.25) is 9.89 Å². The van der Waals surface area contributed by atoms with E-state index in [2.05, 4.69) is 20.5 Å². The lowest BCUT2D eigenvalue weighted by Crippen LogP contribution is -2.33. The Morgan fingerprint density at radius 2 is 2.04 bits per heavy atom. The van der Waals surface area contributed by atoms with E-state index >= 15 is 0 Å². The standard InChI is InChI=1S/C20H19FN4O2/c21-16-9-6-13(19-22-12-23-25-19)10-17(16)24-18(26)11-20(27,15-7-8-15)14-4-2-1-3-5-14/h1-6,9-10,12,15,27H,7-8,11H2,(H,24,26)(H,22,23,25). The molecule has 0 bridgehead atoms. The van der Waals surface area contributed by atoms with Gasteiger partial charge in [-0.1, -0.05) is 30.3 Å². The fraction of sp³-hybridized carbons (Fsp3) is 0.250. The molecule has 6 nitrogen and oxygen atoms in total. The number of nitrogens with one attached hydrogen (secondary N) is 2. The van der Waals surface area contributed by atoms with E-state index in [1.54, 1.807) is 6.07 Å². The van der Waals surface area contributed by atoms with Crippen molar-refractivity contribution < 1.29 is 14.3 Å². The highest BCUT2D eigenvalue weighted by Crippen LogP contribution is 2.47. The van der Waals surface area contributed by atoms with Gasteiger partial charge in [0.1, 0.15) is 17.7 Å². The van der Waals surface area contributed by atoms with Crippen LogP contribution in [0.4, 0.5) is 10.1 Å². The SMILES string of the molecule is O=C(CC(O)(c1ccccc1)C1CC1)Nc1cc(-c2ncn[nH]2)ccc1F. The van der Waals surface area contributed by atoms with E-state index in [1.807, 2.05) is 30.3 Å². The molecular formula is C20H19FN4O2. The first kappa shape index (κ1) is 17.4. The maximum absolute atomic E-state index is 14.2. The first-order chi connectivity index (χ1) is 13.1. The van der Waals surface area contributed by atoms with E-state index in [0.29, 0.717) is 17.0 Å². The molecule has 138 valence electrons. The highest BCUT2D eigenvalue weighted by Gasteiger charge is 2.46. The van der Waals surface area contributed by atoms with Crippen LogP contribution in [-0.2, 0) is 10.4 Å². The number of H-pyrrole nitrogens is 1. The number of nitrogens with zero attached hydrogens (tertiary/aromatic N) is 2. The van der Waals surface area contributed by atoms with Crippen molar-refractivity contribution in [1.82, 2.24) is 15.2 Å². The van der Waals surface area contributed by atoms with E-state index in [4.69, 9.17) is 0 Å². The largest absolute Gasteiger partial charge is 0.384 e. The molecule has 27 heavy (non-hydrogen) atoms. The predicted molar refractivity (Wildman–Crippen MR) is 98.1 cm³/mol. The van der Waals surface area contributed by atoms with Crippen molar-refractivity contribution in [2.24, 2.45) is 5.92 Å². The molecule has 0 saturated heterocycles. The number of aliphatic hydroxyl groups is 1. The van der Waals surface area contributed by atoms with Crippen molar-refractivity contribution in [1.29, 1.82) is 0 Å². The highest BCUT2D eigenvalue weighted by atomic mass is 19.1. The molecule has 0 radical (unpaired) electrons. The smallest absolute Gasteiger partial charge is 0.227 e. The number of rotatable bonds is 6. The van der Waals surface area contributed by atoms with Gasteiger partial charge in [-0.25, -0.2) is 9.37 Å². The molecule has 3 aromatic rings. The van der Waals surface area contributed by atoms with Crippen LogP contribution in [0, 0.1) is 11.7 Å². The van der Waals surface area contributed by atoms with Gasteiger partial charge < -0.3 is 10.4 Å². The van der Waals surface area contributed by atoms with Crippen molar-refractivity contribution in [3.05, 3.63) is 66.2 Å². The van der Waals surface area contributed by atoms with Gasteiger partial charge in [-0.2, -0.15) is 5.10 Å². The molecule has 1 saturated carbocycles. The second kappa shape index (κ2) is 6.92. The molecule has 1 atom stereocenters. The molecule has 7 heteroatoms. The zero-order valence-electron chi connectivity index (χ0n) is 14.5. The fourth-order valence-electron chi connectivity index (χ4n) is 3.32. The van der Waals surface area contributed by atoms with Crippen molar-refractivity contribution in [3.8, 4) is 11.4 Å². The molecule has 1 aliphatic carbocycles. The number of carbonyl (C=O) groups is 1. The van der Waals surface area contributed by atoms with Crippen LogP contribution in [0.2, 0.25) is 0 Å². The molecule has 1 aromatic heterocycles. The molecule has 0 spiro atoms. The summed E-state index contributed by atoms with van der Waals surface area (Å²) in [5, 5.41) is 20.2. The number of halogens is 1. The normalized spacial score (nSPS) is 15.9. The third kappa shape index (κ3) is 3.59. The Balaban J connectivity index is 1.55. The summed E-state index contributed by atoms with van der Waals surface area (Å²) in [5.41, 5.74) is 0.105. The third-order valence-electron chi connectivity index (χ3n) is 4.89. The molecule has 1 aliphatic rings. The van der Waals surface area contributed by atoms with Gasteiger partial charge in [-0.15, -0.1) is 0 Å². The van der Waals surface area contributed by atoms with Gasteiger partial charge in [0.15, 0.2) is 5.82 Å². The summed E-state index contributed by atoms with van der Waals surface area (Å²) in [5.74, 6) is -0.483. The van der Waals surface area contributed by atoms with Gasteiger partial charge in [0.25, 0.3) is 0 Å². The average molecular weight is 366 g/mol. The monoisotopic (exact) mass is 366 g/mol. The number of anilines is 1. The second-order valence-corrected chi connectivity index (χ2v) is 6.82. The Morgan fingerprint density at radius 1 is 1.26 bits per heavy atom. The molecule has 1 fully saturated rings. The van der Waals surface area contributed by atoms with E-state index in [1.165, 1.54) is 18.5 Å². The maximum atomic E-state index is 14.2. The van der Waals surface area contributed by atoms with E-state index in [9.17, 15) is 14.3 Å². The van der Waals surface area contributed by atoms with Crippen LogP contribution in [0.1, 0.15) is 24.8 Å². The lowest BCUT2D eigenvalue weighted by atomic mass is 9.85. The van der Waals surface area contributed by atoms with Crippen LogP contribution in [0.15, 0.2) is 54.9 Å². The Labute approximate surface area is 155 Å². The van der Waals surface area contributed by atoms with Crippen molar-refractivity contribution in [2.45, 2.75) is 24.9 Å². The van der Waals surface area contributed by atoms with E-state index in [-0.39, 0.29) is 18.0 Å². The molecule has 1 amide bonds. The zero-order valence-corrected chi connectivity index (χ0v) is 14.5. The van der Waals surface area contributed by atoms with Crippen LogP contribution in [-0.4, -0.2) is 26.2 Å². The summed E-state index contributed by atoms with van der Waals surface area (Å²) < 4.78 is 14.2. The quantitative estimate of drug-likeness (QED) is 0.625. The molecule has 1 unspecified atom stereocenters. The predicted octanol–water partition coefficient (Wildman–Crippen LogP) is 3.24. The first-order valence-corrected chi connectivity index (χ1v) is 8.79. The zero-order chi connectivity index (χ0) is 18.9. The van der Waals surface area contributed by atoms with Crippen LogP contribution < -0.4 is 5.32 Å². The van der Waals surface area contributed by atoms with Crippen molar-refractivity contribution in [2.75, 3.05) is 5.32 Å². The molecule has 3 N–H and O–H groups in total. The molecule has 2 aromatic carbocycles. The Kier molecular flexibility index (Phi) is 4.45. The van der Waals surface area contributed by atoms with E-state index < -0.39 is 17.3 Å². The molecule has 4 rings (SSSR count). The lowest BCUT2D eigenvalue weighted by molar-refractivity contribution is -0.122. The van der Waals surface area contributed by atoms with Crippen LogP contribution >= 0.6 is 0 Å². The Morgan fingerprint density at radius 3 is 2.70 bits per heavy atom. The minimum Gasteiger partial charge on any atom is -0.384 e. The summed E-state index contributed by atoms with van der Waals surface area (Å²) in [6.45, 7) is 0. The van der Waals surface area contributed by atoms with Gasteiger partial charge in [0, 0.05) is 5.56 Å². The summed E-state index contributed by atoms with van der Waals surface area (Å²) in [4.78, 5) is 16.6. The topological polar surface area (TPSA) is 90.9 Å². The highest BCUT2D eigenvalue weighted by molar-refractivity contribution is 5.92. The van der Waals surface area contributed by atoms with Crippen molar-refractivity contribution >= 4 is 11.6 Å². The maximum Gasteiger partial charge on any atom is 0.227 e. The summed E-state index contributed by atoms with van der Waals surface area (Å²) >= 11 is 0. The molecular weight excluding hydrogens is 347 g/mol. The number of aromatic amines is 1. The first-order valence-electron chi connectivity index (χ1n) is 8.79. The third-order valence-corrected chi connectivity index (χ3v) is 4.89. The van der Waals surface area contributed by atoms with Crippen molar-refractivity contribution in [3.63, 3.8) is 0 Å². The van der Waals surface area contributed by atoms with Gasteiger partial charge in [-0.05, 0) is 42.5 Å². The van der Waals surface area contributed by atoms with Crippen LogP contribution in [0.5, 0.6) is 0 Å². The molecule has 1 heterocycles. The van der Waals surface area contributed by atoms with Gasteiger partial charge in [0.05, 0.1) is 12.1 Å². The summed E-state index contributed by atoms with van der Waals surface area (Å²) in [6, 6.07) is 13.5. The minimum absolute atomic E-state index is 0.0380. The number of hydrogen-bond acceptors (Lipinski definition) is 4. The number of hydrogen-bond donors (Lipinski definition) is 3. The Bertz CT molecular complexity index is 942. The second-order valence-electron chi connectivity index (χ2n) is 6.82. The molecule has 0 aliphatic heterocycles. The average Bonchev–Trinajstić information content (AvgIpc) is 3.40. The van der Waals surface area contributed by atoms with Crippen LogP contribution in [0.25, 0.3) is 11.4 Å². The number of benzene rings is 2. The number of aromatic nitrogens is 3. The summed E-state index contributed by atoms with van der Waals surface area (Å²) in [6.07, 6.45) is 2.96. The van der Waals surface area contributed by atoms with Gasteiger partial charge >= 0.3 is 0 Å². The Hall–Kier alpha value is -3.06. The lowest BCUT2D eigenvalue weighted by Gasteiger charge is -2.28. The minimum atomic E-state index is -1.25. The summed E-state index contributed by atoms with van der Waals surface area (Å²) in [7, 11) is 0. The fourth-order valence-corrected chi connectivity index (χ4v) is 3.32. The number of carbonyl (C=O) groups excluding carboxylic acids is 1. The van der Waals surface area contributed by atoms with Crippen LogP contribution in [0.3, 0.4) is 0 Å². The van der Waals surface area contributed by atoms with Gasteiger partial charge in [0.2, 0.25) is 5.91 Å². The number of amides is 1.